The number of hydrogen-bond acceptors (Lipinski definition) is 3. The molecular weight excluding hydrogens is 386 g/mol. The number of benzene rings is 2. The number of nitrogens with one attached hydrogen (secondary N) is 1. The van der Waals surface area contributed by atoms with E-state index in [0.717, 1.165) is 10.0 Å². The second-order valence-electron chi connectivity index (χ2n) is 6.19. The SMILES string of the molecule is CC(C)(C(=O)O)C(NC(=O)OCc1ccccc1)c1ccccc1Br. The van der Waals surface area contributed by atoms with E-state index < -0.39 is 23.5 Å². The first-order chi connectivity index (χ1) is 11.8. The minimum absolute atomic E-state index is 0.114. The summed E-state index contributed by atoms with van der Waals surface area (Å²) in [5.41, 5.74) is 0.300. The summed E-state index contributed by atoms with van der Waals surface area (Å²) < 4.78 is 5.96. The summed E-state index contributed by atoms with van der Waals surface area (Å²) in [5.74, 6) is -1.02. The molecule has 2 aromatic carbocycles. The van der Waals surface area contributed by atoms with Gasteiger partial charge < -0.3 is 15.2 Å². The summed E-state index contributed by atoms with van der Waals surface area (Å²) >= 11 is 3.42. The highest BCUT2D eigenvalue weighted by atomic mass is 79.9. The molecule has 1 atom stereocenters. The second kappa shape index (κ2) is 8.16. The van der Waals surface area contributed by atoms with Gasteiger partial charge in [-0.15, -0.1) is 0 Å². The van der Waals surface area contributed by atoms with E-state index in [-0.39, 0.29) is 6.61 Å². The molecule has 2 N–H and O–H groups in total. The number of carboxylic acid groups (broad SMARTS) is 1. The van der Waals surface area contributed by atoms with Crippen LogP contribution in [0.4, 0.5) is 4.79 Å². The Morgan fingerprint density at radius 3 is 2.32 bits per heavy atom. The van der Waals surface area contributed by atoms with Gasteiger partial charge in [0.05, 0.1) is 11.5 Å². The third-order valence-electron chi connectivity index (χ3n) is 3.96. The Morgan fingerprint density at radius 1 is 1.12 bits per heavy atom. The molecule has 2 aromatic rings. The summed E-state index contributed by atoms with van der Waals surface area (Å²) in [6, 6.07) is 15.7. The predicted molar refractivity (Wildman–Crippen MR) is 98.1 cm³/mol. The molecule has 0 aliphatic rings. The van der Waals surface area contributed by atoms with Gasteiger partial charge in [-0.05, 0) is 31.0 Å². The van der Waals surface area contributed by atoms with Crippen molar-refractivity contribution in [3.05, 3.63) is 70.2 Å². The first-order valence-corrected chi connectivity index (χ1v) is 8.56. The first-order valence-electron chi connectivity index (χ1n) is 7.77. The molecule has 0 aromatic heterocycles. The summed E-state index contributed by atoms with van der Waals surface area (Å²) in [7, 11) is 0. The van der Waals surface area contributed by atoms with Gasteiger partial charge in [0, 0.05) is 4.47 Å². The summed E-state index contributed by atoms with van der Waals surface area (Å²) in [6.45, 7) is 3.25. The Balaban J connectivity index is 2.17. The lowest BCUT2D eigenvalue weighted by Crippen LogP contribution is -2.42. The van der Waals surface area contributed by atoms with Crippen molar-refractivity contribution in [1.82, 2.24) is 5.32 Å². The Kier molecular flexibility index (Phi) is 6.20. The van der Waals surface area contributed by atoms with Crippen LogP contribution >= 0.6 is 15.9 Å². The summed E-state index contributed by atoms with van der Waals surface area (Å²) in [6.07, 6.45) is -0.668. The van der Waals surface area contributed by atoms with Crippen LogP contribution in [-0.2, 0) is 16.1 Å². The maximum Gasteiger partial charge on any atom is 0.407 e. The van der Waals surface area contributed by atoms with E-state index in [1.165, 1.54) is 0 Å². The van der Waals surface area contributed by atoms with Gasteiger partial charge in [0.1, 0.15) is 6.61 Å². The fourth-order valence-electron chi connectivity index (χ4n) is 2.36. The van der Waals surface area contributed by atoms with Gasteiger partial charge in [-0.25, -0.2) is 4.79 Å². The van der Waals surface area contributed by atoms with Crippen LogP contribution in [0.2, 0.25) is 0 Å². The molecule has 0 radical (unpaired) electrons. The molecule has 0 saturated heterocycles. The standard InChI is InChI=1S/C19H20BrNO4/c1-19(2,17(22)23)16(14-10-6-7-11-15(14)20)21-18(24)25-12-13-8-4-3-5-9-13/h3-11,16H,12H2,1-2H3,(H,21,24)(H,22,23). The zero-order valence-corrected chi connectivity index (χ0v) is 15.6. The molecule has 5 nitrogen and oxygen atoms in total. The monoisotopic (exact) mass is 405 g/mol. The highest BCUT2D eigenvalue weighted by Crippen LogP contribution is 2.37. The van der Waals surface area contributed by atoms with Gasteiger partial charge in [-0.2, -0.15) is 0 Å². The van der Waals surface area contributed by atoms with Crippen molar-refractivity contribution >= 4 is 28.0 Å². The number of rotatable bonds is 6. The second-order valence-corrected chi connectivity index (χ2v) is 7.04. The van der Waals surface area contributed by atoms with Crippen LogP contribution in [-0.4, -0.2) is 17.2 Å². The molecular formula is C19H20BrNO4. The normalized spacial score (nSPS) is 12.3. The van der Waals surface area contributed by atoms with E-state index in [1.807, 2.05) is 36.4 Å². The van der Waals surface area contributed by atoms with Crippen LogP contribution in [0, 0.1) is 5.41 Å². The van der Waals surface area contributed by atoms with Crippen LogP contribution in [0.1, 0.15) is 31.0 Å². The molecule has 0 spiro atoms. The fourth-order valence-corrected chi connectivity index (χ4v) is 2.88. The van der Waals surface area contributed by atoms with Crippen molar-refractivity contribution in [2.75, 3.05) is 0 Å². The van der Waals surface area contributed by atoms with Crippen molar-refractivity contribution in [3.63, 3.8) is 0 Å². The zero-order valence-electron chi connectivity index (χ0n) is 14.0. The lowest BCUT2D eigenvalue weighted by Gasteiger charge is -2.31. The third kappa shape index (κ3) is 4.82. The number of amides is 1. The van der Waals surface area contributed by atoms with Crippen LogP contribution in [0.3, 0.4) is 0 Å². The molecule has 132 valence electrons. The molecule has 0 aliphatic carbocycles. The molecule has 1 unspecified atom stereocenters. The van der Waals surface area contributed by atoms with Crippen LogP contribution in [0.15, 0.2) is 59.1 Å². The van der Waals surface area contributed by atoms with Crippen LogP contribution in [0.25, 0.3) is 0 Å². The highest BCUT2D eigenvalue weighted by Gasteiger charge is 2.40. The molecule has 0 saturated carbocycles. The average molecular weight is 406 g/mol. The molecule has 1 amide bonds. The van der Waals surface area contributed by atoms with Gasteiger partial charge in [0.15, 0.2) is 0 Å². The van der Waals surface area contributed by atoms with Crippen molar-refractivity contribution in [1.29, 1.82) is 0 Å². The number of halogens is 1. The topological polar surface area (TPSA) is 75.6 Å². The number of alkyl carbamates (subject to hydrolysis) is 1. The number of carbonyl (C=O) groups excluding carboxylic acids is 1. The molecule has 0 bridgehead atoms. The van der Waals surface area contributed by atoms with Gasteiger partial charge in [-0.1, -0.05) is 64.5 Å². The molecule has 6 heteroatoms. The molecule has 0 heterocycles. The van der Waals surface area contributed by atoms with E-state index in [2.05, 4.69) is 21.2 Å². The third-order valence-corrected chi connectivity index (χ3v) is 4.69. The highest BCUT2D eigenvalue weighted by molar-refractivity contribution is 9.10. The average Bonchev–Trinajstić information content (AvgIpc) is 2.59. The largest absolute Gasteiger partial charge is 0.481 e. The molecule has 0 aliphatic heterocycles. The van der Waals surface area contributed by atoms with Gasteiger partial charge in [0.25, 0.3) is 0 Å². The minimum Gasteiger partial charge on any atom is -0.481 e. The van der Waals surface area contributed by atoms with Crippen molar-refractivity contribution in [2.45, 2.75) is 26.5 Å². The van der Waals surface area contributed by atoms with E-state index >= 15 is 0 Å². The van der Waals surface area contributed by atoms with E-state index in [9.17, 15) is 14.7 Å². The molecule has 0 fully saturated rings. The zero-order chi connectivity index (χ0) is 18.4. The quantitative estimate of drug-likeness (QED) is 0.739. The Labute approximate surface area is 155 Å². The Hall–Kier alpha value is -2.34. The summed E-state index contributed by atoms with van der Waals surface area (Å²) in [5, 5.41) is 12.3. The minimum atomic E-state index is -1.23. The van der Waals surface area contributed by atoms with E-state index in [0.29, 0.717) is 5.56 Å². The van der Waals surface area contributed by atoms with Gasteiger partial charge >= 0.3 is 12.1 Å². The fraction of sp³-hybridized carbons (Fsp3) is 0.263. The van der Waals surface area contributed by atoms with E-state index in [1.54, 1.807) is 32.0 Å². The number of hydrogen-bond donors (Lipinski definition) is 2. The molecule has 2 rings (SSSR count). The van der Waals surface area contributed by atoms with Crippen LogP contribution < -0.4 is 5.32 Å². The maximum absolute atomic E-state index is 12.2. The van der Waals surface area contributed by atoms with Crippen molar-refractivity contribution < 1.29 is 19.4 Å². The van der Waals surface area contributed by atoms with Crippen LogP contribution in [0.5, 0.6) is 0 Å². The first kappa shape index (κ1) is 19.0. The molecule has 25 heavy (non-hydrogen) atoms. The maximum atomic E-state index is 12.2. The van der Waals surface area contributed by atoms with E-state index in [4.69, 9.17) is 4.74 Å². The lowest BCUT2D eigenvalue weighted by molar-refractivity contribution is -0.148. The number of carboxylic acids is 1. The Bertz CT molecular complexity index is 746. The Morgan fingerprint density at radius 2 is 1.72 bits per heavy atom. The number of aliphatic carboxylic acids is 1. The number of ether oxygens (including phenoxy) is 1. The lowest BCUT2D eigenvalue weighted by atomic mass is 9.80. The summed E-state index contributed by atoms with van der Waals surface area (Å²) in [4.78, 5) is 23.9. The van der Waals surface area contributed by atoms with Gasteiger partial charge in [0.2, 0.25) is 0 Å². The van der Waals surface area contributed by atoms with Crippen molar-refractivity contribution in [2.24, 2.45) is 5.41 Å². The number of carbonyl (C=O) groups is 2. The predicted octanol–water partition coefficient (Wildman–Crippen LogP) is 4.53. The van der Waals surface area contributed by atoms with Crippen molar-refractivity contribution in [3.8, 4) is 0 Å². The van der Waals surface area contributed by atoms with Gasteiger partial charge in [-0.3, -0.25) is 4.79 Å². The smallest absolute Gasteiger partial charge is 0.407 e.